The Morgan fingerprint density at radius 2 is 1.81 bits per heavy atom. The van der Waals surface area contributed by atoms with Crippen LogP contribution in [-0.4, -0.2) is 31.9 Å². The number of carbonyl (C=O) groups excluding carboxylic acids is 1. The third-order valence-electron chi connectivity index (χ3n) is 4.12. The van der Waals surface area contributed by atoms with Gasteiger partial charge < -0.3 is 23.7 Å². The lowest BCUT2D eigenvalue weighted by Gasteiger charge is -2.08. The first-order chi connectivity index (χ1) is 12.6. The Labute approximate surface area is 150 Å². The maximum absolute atomic E-state index is 12.4. The van der Waals surface area contributed by atoms with Crippen LogP contribution in [0.1, 0.15) is 28.6 Å². The van der Waals surface area contributed by atoms with Gasteiger partial charge in [0, 0.05) is 23.4 Å². The van der Waals surface area contributed by atoms with Crippen LogP contribution >= 0.6 is 0 Å². The zero-order valence-corrected chi connectivity index (χ0v) is 14.9. The third-order valence-corrected chi connectivity index (χ3v) is 4.12. The number of esters is 1. The summed E-state index contributed by atoms with van der Waals surface area (Å²) in [6.45, 7) is 1.97. The molecule has 0 amide bonds. The molecule has 0 unspecified atom stereocenters. The predicted octanol–water partition coefficient (Wildman–Crippen LogP) is 3.92. The highest BCUT2D eigenvalue weighted by Gasteiger charge is 2.24. The van der Waals surface area contributed by atoms with Crippen LogP contribution in [-0.2, 0) is 11.2 Å². The molecule has 1 N–H and O–H groups in total. The lowest BCUT2D eigenvalue weighted by Crippen LogP contribution is -2.06. The zero-order chi connectivity index (χ0) is 18.7. The molecule has 0 spiro atoms. The van der Waals surface area contributed by atoms with Gasteiger partial charge in [0.1, 0.15) is 11.3 Å². The summed E-state index contributed by atoms with van der Waals surface area (Å²) in [6, 6.07) is 10.4. The highest BCUT2D eigenvalue weighted by atomic mass is 16.5. The molecule has 0 saturated heterocycles. The van der Waals surface area contributed by atoms with E-state index in [0.29, 0.717) is 40.0 Å². The Hall–Kier alpha value is -3.15. The Bertz CT molecular complexity index is 941. The van der Waals surface area contributed by atoms with Crippen LogP contribution in [0, 0.1) is 0 Å². The molecule has 0 aliphatic carbocycles. The average molecular weight is 356 g/mol. The predicted molar refractivity (Wildman–Crippen MR) is 96.2 cm³/mol. The molecule has 0 atom stereocenters. The first kappa shape index (κ1) is 17.7. The fraction of sp³-hybridized carbons (Fsp3) is 0.250. The lowest BCUT2D eigenvalue weighted by molar-refractivity contribution is 0.0491. The minimum atomic E-state index is -0.549. The zero-order valence-electron chi connectivity index (χ0n) is 14.9. The largest absolute Gasteiger partial charge is 0.508 e. The number of phenols is 1. The van der Waals surface area contributed by atoms with Crippen molar-refractivity contribution in [1.29, 1.82) is 0 Å². The minimum Gasteiger partial charge on any atom is -0.508 e. The molecule has 1 aromatic heterocycles. The van der Waals surface area contributed by atoms with Crippen LogP contribution < -0.4 is 9.47 Å². The molecule has 3 aromatic rings. The number of ether oxygens (including phenoxy) is 3. The number of carbonyl (C=O) groups is 1. The van der Waals surface area contributed by atoms with Crippen LogP contribution in [0.4, 0.5) is 0 Å². The molecule has 0 aliphatic rings. The lowest BCUT2D eigenvalue weighted by atomic mass is 10.0. The Kier molecular flexibility index (Phi) is 5.02. The first-order valence-corrected chi connectivity index (χ1v) is 8.20. The molecule has 0 fully saturated rings. The molecule has 6 nitrogen and oxygen atoms in total. The monoisotopic (exact) mass is 356 g/mol. The van der Waals surface area contributed by atoms with Gasteiger partial charge in [0.05, 0.1) is 20.8 Å². The summed E-state index contributed by atoms with van der Waals surface area (Å²) in [5.74, 6) is 0.734. The summed E-state index contributed by atoms with van der Waals surface area (Å²) in [5.41, 5.74) is 1.78. The highest BCUT2D eigenvalue weighted by Crippen LogP contribution is 2.38. The molecule has 0 radical (unpaired) electrons. The molecule has 0 aliphatic heterocycles. The normalized spacial score (nSPS) is 10.7. The van der Waals surface area contributed by atoms with E-state index in [1.54, 1.807) is 44.4 Å². The molecule has 1 heterocycles. The van der Waals surface area contributed by atoms with E-state index in [9.17, 15) is 9.90 Å². The highest BCUT2D eigenvalue weighted by molar-refractivity contribution is 5.97. The van der Waals surface area contributed by atoms with Crippen LogP contribution in [0.3, 0.4) is 0 Å². The number of rotatable bonds is 6. The third kappa shape index (κ3) is 3.18. The van der Waals surface area contributed by atoms with Gasteiger partial charge in [-0.25, -0.2) is 4.79 Å². The Morgan fingerprint density at radius 1 is 1.12 bits per heavy atom. The van der Waals surface area contributed by atoms with Crippen molar-refractivity contribution in [3.63, 3.8) is 0 Å². The average Bonchev–Trinajstić information content (AvgIpc) is 3.00. The van der Waals surface area contributed by atoms with Crippen molar-refractivity contribution >= 4 is 16.9 Å². The number of fused-ring (bicyclic) bond motifs is 1. The molecule has 0 saturated carbocycles. The quantitative estimate of drug-likeness (QED) is 0.675. The summed E-state index contributed by atoms with van der Waals surface area (Å²) in [6.07, 6.45) is 0.309. The summed E-state index contributed by atoms with van der Waals surface area (Å²) in [7, 11) is 3.07. The number of hydrogen-bond acceptors (Lipinski definition) is 6. The van der Waals surface area contributed by atoms with E-state index < -0.39 is 5.97 Å². The molecule has 0 bridgehead atoms. The Morgan fingerprint density at radius 3 is 2.46 bits per heavy atom. The molecule has 136 valence electrons. The van der Waals surface area contributed by atoms with Crippen molar-refractivity contribution in [1.82, 2.24) is 0 Å². The van der Waals surface area contributed by atoms with Gasteiger partial charge in [-0.05, 0) is 24.6 Å². The number of aromatic hydroxyl groups is 1. The maximum atomic E-state index is 12.4. The van der Waals surface area contributed by atoms with Gasteiger partial charge in [0.15, 0.2) is 11.5 Å². The van der Waals surface area contributed by atoms with E-state index in [1.807, 2.05) is 6.07 Å². The number of hydrogen-bond donors (Lipinski definition) is 1. The van der Waals surface area contributed by atoms with E-state index in [-0.39, 0.29) is 18.1 Å². The van der Waals surface area contributed by atoms with Crippen molar-refractivity contribution in [2.45, 2.75) is 13.3 Å². The van der Waals surface area contributed by atoms with Gasteiger partial charge in [0.2, 0.25) is 5.76 Å². The fourth-order valence-corrected chi connectivity index (χ4v) is 2.86. The second kappa shape index (κ2) is 7.39. The molecule has 3 rings (SSSR count). The number of furan rings is 1. The molecule has 26 heavy (non-hydrogen) atoms. The van der Waals surface area contributed by atoms with Crippen LogP contribution in [0.15, 0.2) is 40.8 Å². The van der Waals surface area contributed by atoms with Gasteiger partial charge in [-0.2, -0.15) is 0 Å². The Balaban J connectivity index is 2.20. The number of phenolic OH excluding ortho intramolecular Hbond substituents is 1. The van der Waals surface area contributed by atoms with Crippen molar-refractivity contribution < 1.29 is 28.5 Å². The fourth-order valence-electron chi connectivity index (χ4n) is 2.86. The number of benzene rings is 2. The van der Waals surface area contributed by atoms with Crippen molar-refractivity contribution in [2.75, 3.05) is 20.8 Å². The van der Waals surface area contributed by atoms with Crippen LogP contribution in [0.5, 0.6) is 17.2 Å². The standard InChI is InChI=1S/C20H20O6/c1-4-25-20(22)19-14(9-12-7-5-6-8-15(12)21)13-10-17(23-2)18(24-3)11-16(13)26-19/h5-8,10-11,21H,4,9H2,1-3H3. The smallest absolute Gasteiger partial charge is 0.374 e. The number of para-hydroxylation sites is 1. The van der Waals surface area contributed by atoms with E-state index in [0.717, 1.165) is 0 Å². The van der Waals surface area contributed by atoms with Gasteiger partial charge in [-0.15, -0.1) is 0 Å². The van der Waals surface area contributed by atoms with Gasteiger partial charge in [0.25, 0.3) is 0 Å². The summed E-state index contributed by atoms with van der Waals surface area (Å²) in [5, 5.41) is 10.8. The van der Waals surface area contributed by atoms with Crippen molar-refractivity contribution in [2.24, 2.45) is 0 Å². The minimum absolute atomic E-state index is 0.111. The van der Waals surface area contributed by atoms with Crippen LogP contribution in [0.25, 0.3) is 11.0 Å². The molecule has 6 heteroatoms. The second-order valence-corrected chi connectivity index (χ2v) is 5.64. The van der Waals surface area contributed by atoms with E-state index in [2.05, 4.69) is 0 Å². The van der Waals surface area contributed by atoms with Crippen LogP contribution in [0.2, 0.25) is 0 Å². The molecular formula is C20H20O6. The van der Waals surface area contributed by atoms with Crippen molar-refractivity contribution in [3.8, 4) is 17.2 Å². The first-order valence-electron chi connectivity index (χ1n) is 8.20. The van der Waals surface area contributed by atoms with Gasteiger partial charge >= 0.3 is 5.97 Å². The summed E-state index contributed by atoms with van der Waals surface area (Å²) in [4.78, 5) is 12.4. The van der Waals surface area contributed by atoms with Crippen molar-refractivity contribution in [3.05, 3.63) is 53.3 Å². The second-order valence-electron chi connectivity index (χ2n) is 5.64. The number of methoxy groups -OCH3 is 2. The molecular weight excluding hydrogens is 336 g/mol. The van der Waals surface area contributed by atoms with Gasteiger partial charge in [-0.3, -0.25) is 0 Å². The van der Waals surface area contributed by atoms with E-state index in [4.69, 9.17) is 18.6 Å². The SMILES string of the molecule is CCOC(=O)c1oc2cc(OC)c(OC)cc2c1Cc1ccccc1O. The van der Waals surface area contributed by atoms with Gasteiger partial charge in [-0.1, -0.05) is 18.2 Å². The topological polar surface area (TPSA) is 78.1 Å². The van der Waals surface area contributed by atoms with E-state index in [1.165, 1.54) is 7.11 Å². The van der Waals surface area contributed by atoms with E-state index >= 15 is 0 Å². The summed E-state index contributed by atoms with van der Waals surface area (Å²) >= 11 is 0. The maximum Gasteiger partial charge on any atom is 0.374 e. The summed E-state index contributed by atoms with van der Waals surface area (Å²) < 4.78 is 21.6. The molecule has 2 aromatic carbocycles.